The Kier molecular flexibility index (Phi) is 6.53. The van der Waals surface area contributed by atoms with E-state index in [-0.39, 0.29) is 30.7 Å². The first-order chi connectivity index (χ1) is 14.1. The van der Waals surface area contributed by atoms with Gasteiger partial charge in [-0.25, -0.2) is 4.79 Å². The van der Waals surface area contributed by atoms with E-state index in [1.807, 2.05) is 0 Å². The number of ketones is 1. The number of carboxylic acid groups (broad SMARTS) is 1. The minimum atomic E-state index is -5.02. The maximum absolute atomic E-state index is 12.9. The van der Waals surface area contributed by atoms with Crippen LogP contribution in [-0.2, 0) is 19.1 Å². The molecular formula is C18H24F3N3O6. The number of ether oxygens (including phenoxy) is 1. The average molecular weight is 435 g/mol. The molecule has 2 saturated heterocycles. The molecule has 2 heterocycles. The van der Waals surface area contributed by atoms with Crippen molar-refractivity contribution in [2.24, 2.45) is 17.8 Å². The van der Waals surface area contributed by atoms with E-state index < -0.39 is 48.8 Å². The van der Waals surface area contributed by atoms with Crippen molar-refractivity contribution in [3.8, 4) is 0 Å². The zero-order valence-corrected chi connectivity index (χ0v) is 16.1. The SMILES string of the molecule is O=C(COC(F)(F)F)C(C[C@@H]1CCNC1=O)NC(=O)[C@@H]1[C@H]2CCC[C@H]2CN1C(=O)O. The number of hydrogen-bond donors (Lipinski definition) is 3. The number of alkyl halides is 3. The van der Waals surface area contributed by atoms with Crippen molar-refractivity contribution in [3.05, 3.63) is 0 Å². The Morgan fingerprint density at radius 3 is 2.60 bits per heavy atom. The third-order valence-electron chi connectivity index (χ3n) is 6.17. The van der Waals surface area contributed by atoms with Gasteiger partial charge in [0.2, 0.25) is 11.8 Å². The molecule has 30 heavy (non-hydrogen) atoms. The summed E-state index contributed by atoms with van der Waals surface area (Å²) < 4.78 is 40.6. The summed E-state index contributed by atoms with van der Waals surface area (Å²) in [5, 5.41) is 14.4. The van der Waals surface area contributed by atoms with Crippen molar-refractivity contribution in [1.29, 1.82) is 0 Å². The highest BCUT2D eigenvalue weighted by Gasteiger charge is 2.50. The number of amides is 3. The second-order valence-electron chi connectivity index (χ2n) is 8.01. The summed E-state index contributed by atoms with van der Waals surface area (Å²) in [6, 6.07) is -2.39. The number of carbonyl (C=O) groups excluding carboxylic acids is 3. The minimum absolute atomic E-state index is 0.0418. The van der Waals surface area contributed by atoms with Crippen molar-refractivity contribution in [2.75, 3.05) is 19.7 Å². The summed E-state index contributed by atoms with van der Waals surface area (Å²) in [5.41, 5.74) is 0. The molecule has 0 aromatic heterocycles. The van der Waals surface area contributed by atoms with E-state index in [1.165, 1.54) is 0 Å². The van der Waals surface area contributed by atoms with Gasteiger partial charge in [0.1, 0.15) is 12.6 Å². The molecule has 0 spiro atoms. The highest BCUT2D eigenvalue weighted by molar-refractivity contribution is 5.93. The van der Waals surface area contributed by atoms with E-state index in [0.717, 1.165) is 17.7 Å². The molecule has 3 aliphatic rings. The van der Waals surface area contributed by atoms with Crippen molar-refractivity contribution >= 4 is 23.7 Å². The van der Waals surface area contributed by atoms with E-state index in [9.17, 15) is 37.5 Å². The van der Waals surface area contributed by atoms with Gasteiger partial charge in [-0.05, 0) is 37.5 Å². The predicted octanol–water partition coefficient (Wildman–Crippen LogP) is 0.881. The van der Waals surface area contributed by atoms with Gasteiger partial charge >= 0.3 is 12.5 Å². The lowest BCUT2D eigenvalue weighted by Crippen LogP contribution is -2.53. The first kappa shape index (κ1) is 22.3. The van der Waals surface area contributed by atoms with Crippen LogP contribution in [0.3, 0.4) is 0 Å². The molecule has 3 N–H and O–H groups in total. The molecule has 3 rings (SSSR count). The van der Waals surface area contributed by atoms with Crippen molar-refractivity contribution < 1.29 is 42.2 Å². The molecule has 0 bridgehead atoms. The van der Waals surface area contributed by atoms with Crippen LogP contribution in [0, 0.1) is 17.8 Å². The zero-order valence-electron chi connectivity index (χ0n) is 16.1. The maximum atomic E-state index is 12.9. The fraction of sp³-hybridized carbons (Fsp3) is 0.778. The maximum Gasteiger partial charge on any atom is 0.522 e. The molecule has 0 radical (unpaired) electrons. The topological polar surface area (TPSA) is 125 Å². The summed E-state index contributed by atoms with van der Waals surface area (Å²) in [5.74, 6) is -2.89. The summed E-state index contributed by atoms with van der Waals surface area (Å²) in [7, 11) is 0. The third-order valence-corrected chi connectivity index (χ3v) is 6.17. The van der Waals surface area contributed by atoms with E-state index in [1.54, 1.807) is 0 Å². The number of hydrogen-bond acceptors (Lipinski definition) is 5. The Hall–Kier alpha value is -2.37. The number of carbonyl (C=O) groups is 4. The van der Waals surface area contributed by atoms with Gasteiger partial charge in [0.25, 0.3) is 0 Å². The van der Waals surface area contributed by atoms with Gasteiger partial charge in [-0.2, -0.15) is 0 Å². The Balaban J connectivity index is 1.73. The van der Waals surface area contributed by atoms with Crippen LogP contribution in [0.25, 0.3) is 0 Å². The van der Waals surface area contributed by atoms with Crippen LogP contribution < -0.4 is 10.6 Å². The minimum Gasteiger partial charge on any atom is -0.465 e. The van der Waals surface area contributed by atoms with Crippen molar-refractivity contribution in [3.63, 3.8) is 0 Å². The van der Waals surface area contributed by atoms with Crippen molar-refractivity contribution in [2.45, 2.75) is 50.6 Å². The molecule has 1 aliphatic carbocycles. The standard InChI is InChI=1S/C18H24F3N3O6/c19-18(20,21)30-8-13(25)12(6-9-4-5-22-15(9)26)23-16(27)14-11-3-1-2-10(11)7-24(14)17(28)29/h9-12,14H,1-8H2,(H,22,26)(H,23,27)(H,28,29)/t9-,10-,11-,12?,14-/m0/s1. The van der Waals surface area contributed by atoms with Gasteiger partial charge in [-0.3, -0.25) is 24.0 Å². The summed E-state index contributed by atoms with van der Waals surface area (Å²) in [6.45, 7) is -0.725. The Labute approximate surface area is 170 Å². The molecule has 0 aromatic rings. The van der Waals surface area contributed by atoms with Gasteiger partial charge in [0, 0.05) is 19.0 Å². The Bertz CT molecular complexity index is 716. The lowest BCUT2D eigenvalue weighted by Gasteiger charge is -2.27. The van der Waals surface area contributed by atoms with Crippen LogP contribution in [0.4, 0.5) is 18.0 Å². The molecule has 12 heteroatoms. The van der Waals surface area contributed by atoms with E-state index in [0.29, 0.717) is 19.4 Å². The van der Waals surface area contributed by atoms with E-state index in [4.69, 9.17) is 0 Å². The van der Waals surface area contributed by atoms with Crippen LogP contribution >= 0.6 is 0 Å². The molecule has 168 valence electrons. The summed E-state index contributed by atoms with van der Waals surface area (Å²) >= 11 is 0. The van der Waals surface area contributed by atoms with E-state index in [2.05, 4.69) is 15.4 Å². The monoisotopic (exact) mass is 435 g/mol. The molecule has 0 aromatic carbocycles. The predicted molar refractivity (Wildman–Crippen MR) is 94.0 cm³/mol. The molecule has 1 saturated carbocycles. The lowest BCUT2D eigenvalue weighted by molar-refractivity contribution is -0.321. The second kappa shape index (κ2) is 8.78. The van der Waals surface area contributed by atoms with Crippen LogP contribution in [-0.4, -0.2) is 71.8 Å². The molecular weight excluding hydrogens is 411 g/mol. The van der Waals surface area contributed by atoms with Crippen LogP contribution in [0.5, 0.6) is 0 Å². The quantitative estimate of drug-likeness (QED) is 0.545. The Morgan fingerprint density at radius 2 is 2.00 bits per heavy atom. The summed E-state index contributed by atoms with van der Waals surface area (Å²) in [6.07, 6.45) is -3.76. The number of nitrogens with one attached hydrogen (secondary N) is 2. The number of fused-ring (bicyclic) bond motifs is 1. The number of nitrogens with zero attached hydrogens (tertiary/aromatic N) is 1. The fourth-order valence-corrected chi connectivity index (χ4v) is 4.77. The highest BCUT2D eigenvalue weighted by atomic mass is 19.4. The van der Waals surface area contributed by atoms with Crippen LogP contribution in [0.15, 0.2) is 0 Å². The van der Waals surface area contributed by atoms with Crippen LogP contribution in [0.2, 0.25) is 0 Å². The van der Waals surface area contributed by atoms with Crippen LogP contribution in [0.1, 0.15) is 32.1 Å². The van der Waals surface area contributed by atoms with Gasteiger partial charge in [-0.1, -0.05) is 6.42 Å². The van der Waals surface area contributed by atoms with Crippen molar-refractivity contribution in [1.82, 2.24) is 15.5 Å². The zero-order chi connectivity index (χ0) is 22.1. The lowest BCUT2D eigenvalue weighted by atomic mass is 9.92. The number of halogens is 3. The molecule has 5 atom stereocenters. The largest absolute Gasteiger partial charge is 0.522 e. The van der Waals surface area contributed by atoms with Gasteiger partial charge in [-0.15, -0.1) is 13.2 Å². The smallest absolute Gasteiger partial charge is 0.465 e. The third kappa shape index (κ3) is 5.02. The highest BCUT2D eigenvalue weighted by Crippen LogP contribution is 2.42. The second-order valence-corrected chi connectivity index (χ2v) is 8.01. The van der Waals surface area contributed by atoms with E-state index >= 15 is 0 Å². The number of likely N-dealkylation sites (tertiary alicyclic amines) is 1. The normalized spacial score (nSPS) is 29.4. The summed E-state index contributed by atoms with van der Waals surface area (Å²) in [4.78, 5) is 49.8. The fourth-order valence-electron chi connectivity index (χ4n) is 4.77. The number of rotatable bonds is 7. The number of Topliss-reactive ketones (excluding diaryl/α,β-unsaturated/α-hetero) is 1. The van der Waals surface area contributed by atoms with Gasteiger partial charge in [0.05, 0.1) is 6.04 Å². The molecule has 3 amide bonds. The van der Waals surface area contributed by atoms with Gasteiger partial charge in [0.15, 0.2) is 5.78 Å². The first-order valence-electron chi connectivity index (χ1n) is 9.88. The molecule has 2 aliphatic heterocycles. The Morgan fingerprint density at radius 1 is 1.27 bits per heavy atom. The molecule has 3 fully saturated rings. The molecule has 1 unspecified atom stereocenters. The first-order valence-corrected chi connectivity index (χ1v) is 9.88. The molecule has 9 nitrogen and oxygen atoms in total. The van der Waals surface area contributed by atoms with Gasteiger partial charge < -0.3 is 15.7 Å². The average Bonchev–Trinajstić information content (AvgIpc) is 3.34.